The quantitative estimate of drug-likeness (QED) is 0.803. The lowest BCUT2D eigenvalue weighted by molar-refractivity contribution is 0.300. The molecule has 0 atom stereocenters. The number of nitrogens with two attached hydrogens (primary N) is 1. The fourth-order valence-electron chi connectivity index (χ4n) is 1.58. The molecule has 20 heavy (non-hydrogen) atoms. The summed E-state index contributed by atoms with van der Waals surface area (Å²) in [6, 6.07) is 9.65. The number of rotatable bonds is 4. The van der Waals surface area contributed by atoms with E-state index in [-0.39, 0.29) is 17.4 Å². The number of halogens is 3. The molecule has 0 heterocycles. The lowest BCUT2D eigenvalue weighted by Crippen LogP contribution is -2.09. The molecule has 2 rings (SSSR count). The first-order valence-corrected chi connectivity index (χ1v) is 7.21. The molecule has 2 nitrogen and oxygen atoms in total. The number of hydrogen-bond donors (Lipinski definition) is 1. The van der Waals surface area contributed by atoms with E-state index in [0.29, 0.717) is 21.9 Å². The molecule has 0 aliphatic rings. The molecule has 0 saturated heterocycles. The first-order chi connectivity index (χ1) is 9.47. The van der Waals surface area contributed by atoms with Crippen LogP contribution in [-0.4, -0.2) is 4.99 Å². The van der Waals surface area contributed by atoms with E-state index in [4.69, 9.17) is 34.3 Å². The van der Waals surface area contributed by atoms with Crippen molar-refractivity contribution in [1.82, 2.24) is 0 Å². The van der Waals surface area contributed by atoms with Crippen LogP contribution in [0.2, 0.25) is 5.02 Å². The fraction of sp³-hybridized carbons (Fsp3) is 0.0714. The average molecular weight is 375 g/mol. The summed E-state index contributed by atoms with van der Waals surface area (Å²) in [4.78, 5) is 0.261. The Kier molecular flexibility index (Phi) is 4.96. The van der Waals surface area contributed by atoms with E-state index < -0.39 is 0 Å². The lowest BCUT2D eigenvalue weighted by Gasteiger charge is -2.10. The van der Waals surface area contributed by atoms with Crippen LogP contribution in [0.5, 0.6) is 5.75 Å². The largest absolute Gasteiger partial charge is 0.487 e. The summed E-state index contributed by atoms with van der Waals surface area (Å²) in [7, 11) is 0. The smallest absolute Gasteiger partial charge is 0.138 e. The Bertz CT molecular complexity index is 666. The number of ether oxygens (including phenoxy) is 1. The molecule has 0 saturated carbocycles. The Morgan fingerprint density at radius 1 is 1.30 bits per heavy atom. The molecule has 0 spiro atoms. The van der Waals surface area contributed by atoms with Gasteiger partial charge in [0.25, 0.3) is 0 Å². The van der Waals surface area contributed by atoms with E-state index in [1.165, 1.54) is 6.07 Å². The van der Waals surface area contributed by atoms with Gasteiger partial charge in [-0.2, -0.15) is 0 Å². The summed E-state index contributed by atoms with van der Waals surface area (Å²) in [5.41, 5.74) is 6.61. The Balaban J connectivity index is 2.15. The molecule has 0 bridgehead atoms. The minimum Gasteiger partial charge on any atom is -0.487 e. The zero-order chi connectivity index (χ0) is 14.7. The second-order valence-corrected chi connectivity index (χ2v) is 5.80. The zero-order valence-electron chi connectivity index (χ0n) is 10.2. The minimum atomic E-state index is -0.330. The lowest BCUT2D eigenvalue weighted by atomic mass is 10.2. The second kappa shape index (κ2) is 6.52. The van der Waals surface area contributed by atoms with Crippen molar-refractivity contribution >= 4 is 44.7 Å². The van der Waals surface area contributed by atoms with Crippen LogP contribution in [0.4, 0.5) is 4.39 Å². The van der Waals surface area contributed by atoms with Gasteiger partial charge in [-0.1, -0.05) is 39.7 Å². The van der Waals surface area contributed by atoms with Crippen LogP contribution in [0.1, 0.15) is 11.1 Å². The summed E-state index contributed by atoms with van der Waals surface area (Å²) in [5.74, 6) is 0.120. The van der Waals surface area contributed by atoms with Gasteiger partial charge in [0.2, 0.25) is 0 Å². The van der Waals surface area contributed by atoms with Crippen molar-refractivity contribution in [2.75, 3.05) is 0 Å². The maximum absolute atomic E-state index is 13.6. The van der Waals surface area contributed by atoms with Gasteiger partial charge in [0.1, 0.15) is 23.2 Å². The topological polar surface area (TPSA) is 35.2 Å². The van der Waals surface area contributed by atoms with E-state index in [2.05, 4.69) is 15.9 Å². The Morgan fingerprint density at radius 3 is 2.70 bits per heavy atom. The predicted octanol–water partition coefficient (Wildman–Crippen LogP) is 4.45. The highest BCUT2D eigenvalue weighted by molar-refractivity contribution is 9.10. The second-order valence-electron chi connectivity index (χ2n) is 4.03. The molecule has 0 radical (unpaired) electrons. The van der Waals surface area contributed by atoms with Crippen LogP contribution in [0.25, 0.3) is 0 Å². The van der Waals surface area contributed by atoms with Crippen LogP contribution < -0.4 is 10.5 Å². The highest BCUT2D eigenvalue weighted by Crippen LogP contribution is 2.27. The van der Waals surface area contributed by atoms with Crippen molar-refractivity contribution in [3.05, 3.63) is 62.8 Å². The molecule has 0 aliphatic carbocycles. The molecule has 104 valence electrons. The number of benzene rings is 2. The Labute approximate surface area is 134 Å². The number of thiocarbonyl (C=S) groups is 1. The highest BCUT2D eigenvalue weighted by Gasteiger charge is 2.08. The Morgan fingerprint density at radius 2 is 2.05 bits per heavy atom. The van der Waals surface area contributed by atoms with Gasteiger partial charge in [0.15, 0.2) is 0 Å². The first kappa shape index (κ1) is 15.2. The SMILES string of the molecule is NC(=S)c1ccc(OCc2cc(Br)ccc2F)c(Cl)c1. The molecule has 0 aliphatic heterocycles. The van der Waals surface area contributed by atoms with Gasteiger partial charge in [0, 0.05) is 15.6 Å². The normalized spacial score (nSPS) is 10.3. The Hall–Kier alpha value is -1.17. The van der Waals surface area contributed by atoms with Crippen LogP contribution in [0.3, 0.4) is 0 Å². The zero-order valence-corrected chi connectivity index (χ0v) is 13.4. The van der Waals surface area contributed by atoms with Crippen molar-refractivity contribution in [3.8, 4) is 5.75 Å². The van der Waals surface area contributed by atoms with E-state index in [0.717, 1.165) is 4.47 Å². The van der Waals surface area contributed by atoms with Gasteiger partial charge in [-0.05, 0) is 36.4 Å². The van der Waals surface area contributed by atoms with Crippen molar-refractivity contribution in [2.24, 2.45) is 5.73 Å². The fourth-order valence-corrected chi connectivity index (χ4v) is 2.35. The third-order valence-electron chi connectivity index (χ3n) is 2.61. The van der Waals surface area contributed by atoms with Crippen LogP contribution in [0.15, 0.2) is 40.9 Å². The van der Waals surface area contributed by atoms with Crippen molar-refractivity contribution in [2.45, 2.75) is 6.61 Å². The molecular formula is C14H10BrClFNOS. The van der Waals surface area contributed by atoms with Crippen molar-refractivity contribution in [3.63, 3.8) is 0 Å². The highest BCUT2D eigenvalue weighted by atomic mass is 79.9. The van der Waals surface area contributed by atoms with Crippen LogP contribution >= 0.6 is 39.7 Å². The molecule has 2 N–H and O–H groups in total. The van der Waals surface area contributed by atoms with Gasteiger partial charge >= 0.3 is 0 Å². The molecule has 0 aromatic heterocycles. The van der Waals surface area contributed by atoms with Gasteiger partial charge in [0.05, 0.1) is 5.02 Å². The maximum Gasteiger partial charge on any atom is 0.138 e. The summed E-state index contributed by atoms with van der Waals surface area (Å²) < 4.78 is 19.9. The molecule has 0 unspecified atom stereocenters. The average Bonchev–Trinajstić information content (AvgIpc) is 2.40. The monoisotopic (exact) mass is 373 g/mol. The third-order valence-corrected chi connectivity index (χ3v) is 3.63. The van der Waals surface area contributed by atoms with Gasteiger partial charge in [-0.25, -0.2) is 4.39 Å². The molecule has 0 amide bonds. The summed E-state index contributed by atoms with van der Waals surface area (Å²) in [6.45, 7) is 0.0808. The van der Waals surface area contributed by atoms with E-state index in [9.17, 15) is 4.39 Å². The predicted molar refractivity (Wildman–Crippen MR) is 85.8 cm³/mol. The summed E-state index contributed by atoms with van der Waals surface area (Å²) >= 11 is 14.2. The van der Waals surface area contributed by atoms with E-state index in [1.807, 2.05) is 0 Å². The van der Waals surface area contributed by atoms with E-state index >= 15 is 0 Å². The van der Waals surface area contributed by atoms with Crippen molar-refractivity contribution < 1.29 is 9.13 Å². The summed E-state index contributed by atoms with van der Waals surface area (Å²) in [6.07, 6.45) is 0. The van der Waals surface area contributed by atoms with Crippen molar-refractivity contribution in [1.29, 1.82) is 0 Å². The van der Waals surface area contributed by atoms with Gasteiger partial charge in [-0.3, -0.25) is 0 Å². The maximum atomic E-state index is 13.6. The summed E-state index contributed by atoms with van der Waals surface area (Å²) in [5, 5.41) is 0.380. The van der Waals surface area contributed by atoms with Gasteiger partial charge in [-0.15, -0.1) is 0 Å². The van der Waals surface area contributed by atoms with Crippen LogP contribution in [0, 0.1) is 5.82 Å². The third kappa shape index (κ3) is 3.69. The molecule has 2 aromatic carbocycles. The molecule has 0 fully saturated rings. The van der Waals surface area contributed by atoms with Crippen LogP contribution in [-0.2, 0) is 6.61 Å². The number of hydrogen-bond acceptors (Lipinski definition) is 2. The first-order valence-electron chi connectivity index (χ1n) is 5.63. The minimum absolute atomic E-state index is 0.0808. The standard InChI is InChI=1S/C14H10BrClFNOS/c15-10-2-3-12(17)9(5-10)7-19-13-4-1-8(14(18)20)6-11(13)16/h1-6H,7H2,(H2,18,20). The van der Waals surface area contributed by atoms with Gasteiger partial charge < -0.3 is 10.5 Å². The van der Waals surface area contributed by atoms with E-state index in [1.54, 1.807) is 30.3 Å². The molecule has 6 heteroatoms. The molecule has 2 aromatic rings. The molecular weight excluding hydrogens is 365 g/mol.